The van der Waals surface area contributed by atoms with Gasteiger partial charge in [-0.2, -0.15) is 0 Å². The van der Waals surface area contributed by atoms with Crippen LogP contribution in [0, 0.1) is 0 Å². The maximum absolute atomic E-state index is 10.9. The van der Waals surface area contributed by atoms with Crippen molar-refractivity contribution in [3.63, 3.8) is 0 Å². The van der Waals surface area contributed by atoms with Crippen LogP contribution in [0.25, 0.3) is 0 Å². The van der Waals surface area contributed by atoms with Crippen LogP contribution in [0.5, 0.6) is 0 Å². The summed E-state index contributed by atoms with van der Waals surface area (Å²) < 4.78 is 0. The highest BCUT2D eigenvalue weighted by Crippen LogP contribution is 2.40. The number of benzene rings is 2. The monoisotopic (exact) mass is 355 g/mol. The molecular formula is C16H15Cl2NO2S. The molecule has 0 radical (unpaired) electrons. The van der Waals surface area contributed by atoms with Gasteiger partial charge in [-0.25, -0.2) is 0 Å². The molecule has 0 aliphatic rings. The Labute approximate surface area is 143 Å². The van der Waals surface area contributed by atoms with Gasteiger partial charge in [0.25, 0.3) is 0 Å². The second kappa shape index (κ2) is 7.88. The zero-order valence-electron chi connectivity index (χ0n) is 11.6. The van der Waals surface area contributed by atoms with Gasteiger partial charge >= 0.3 is 5.97 Å². The fourth-order valence-electron chi connectivity index (χ4n) is 1.98. The van der Waals surface area contributed by atoms with Gasteiger partial charge in [0.2, 0.25) is 0 Å². The number of aliphatic carboxylic acids is 1. The number of hydrogen-bond donors (Lipinski definition) is 2. The summed E-state index contributed by atoms with van der Waals surface area (Å²) in [7, 11) is 0. The standard InChI is InChI=1S/C16H15Cl2NO2S/c17-11-6-7-12(13(18)8-11)15(10-4-2-1-3-5-10)22-9-14(19)16(20)21/h1-8,14-15H,9,19H2,(H,20,21). The third kappa shape index (κ3) is 4.40. The van der Waals surface area contributed by atoms with Crippen LogP contribution in [-0.4, -0.2) is 22.9 Å². The third-order valence-corrected chi connectivity index (χ3v) is 5.08. The van der Waals surface area contributed by atoms with Crippen LogP contribution in [0.15, 0.2) is 48.5 Å². The Hall–Kier alpha value is -1.20. The molecule has 0 aliphatic carbocycles. The fraction of sp³-hybridized carbons (Fsp3) is 0.188. The van der Waals surface area contributed by atoms with E-state index in [1.807, 2.05) is 36.4 Å². The summed E-state index contributed by atoms with van der Waals surface area (Å²) >= 11 is 13.7. The minimum absolute atomic E-state index is 0.101. The largest absolute Gasteiger partial charge is 0.480 e. The molecule has 3 N–H and O–H groups in total. The molecule has 0 bridgehead atoms. The number of carboxylic acids is 1. The summed E-state index contributed by atoms with van der Waals surface area (Å²) in [6.07, 6.45) is 0. The maximum Gasteiger partial charge on any atom is 0.321 e. The normalized spacial score (nSPS) is 13.6. The Kier molecular flexibility index (Phi) is 6.15. The van der Waals surface area contributed by atoms with Crippen LogP contribution in [0.3, 0.4) is 0 Å². The molecule has 0 saturated heterocycles. The van der Waals surface area contributed by atoms with Gasteiger partial charge in [-0.05, 0) is 23.3 Å². The van der Waals surface area contributed by atoms with E-state index in [2.05, 4.69) is 0 Å². The highest BCUT2D eigenvalue weighted by Gasteiger charge is 2.21. The van der Waals surface area contributed by atoms with Crippen molar-refractivity contribution in [1.29, 1.82) is 0 Å². The van der Waals surface area contributed by atoms with E-state index in [0.29, 0.717) is 10.0 Å². The van der Waals surface area contributed by atoms with Crippen molar-refractivity contribution >= 4 is 40.9 Å². The topological polar surface area (TPSA) is 63.3 Å². The minimum atomic E-state index is -1.01. The molecule has 2 unspecified atom stereocenters. The van der Waals surface area contributed by atoms with Crippen molar-refractivity contribution in [2.45, 2.75) is 11.3 Å². The average molecular weight is 356 g/mol. The van der Waals surface area contributed by atoms with E-state index in [9.17, 15) is 4.79 Å². The number of nitrogens with two attached hydrogens (primary N) is 1. The second-order valence-corrected chi connectivity index (χ2v) is 6.72. The van der Waals surface area contributed by atoms with Crippen molar-refractivity contribution in [2.75, 3.05) is 5.75 Å². The summed E-state index contributed by atoms with van der Waals surface area (Å²) in [4.78, 5) is 10.9. The van der Waals surface area contributed by atoms with E-state index in [1.165, 1.54) is 11.8 Å². The van der Waals surface area contributed by atoms with Gasteiger partial charge < -0.3 is 10.8 Å². The lowest BCUT2D eigenvalue weighted by Crippen LogP contribution is -2.32. The number of carboxylic acid groups (broad SMARTS) is 1. The highest BCUT2D eigenvalue weighted by molar-refractivity contribution is 7.99. The maximum atomic E-state index is 10.9. The van der Waals surface area contributed by atoms with Gasteiger partial charge in [0.05, 0.1) is 5.25 Å². The van der Waals surface area contributed by atoms with Crippen LogP contribution < -0.4 is 5.73 Å². The van der Waals surface area contributed by atoms with Crippen molar-refractivity contribution < 1.29 is 9.90 Å². The number of hydrogen-bond acceptors (Lipinski definition) is 3. The molecule has 0 saturated carbocycles. The van der Waals surface area contributed by atoms with Crippen LogP contribution in [0.2, 0.25) is 10.0 Å². The average Bonchev–Trinajstić information content (AvgIpc) is 2.50. The minimum Gasteiger partial charge on any atom is -0.480 e. The first-order valence-corrected chi connectivity index (χ1v) is 8.39. The van der Waals surface area contributed by atoms with Crippen LogP contribution in [-0.2, 0) is 4.79 Å². The number of rotatable bonds is 6. The molecule has 0 fully saturated rings. The van der Waals surface area contributed by atoms with Crippen LogP contribution in [0.1, 0.15) is 16.4 Å². The van der Waals surface area contributed by atoms with Crippen molar-refractivity contribution in [3.05, 3.63) is 69.7 Å². The Morgan fingerprint density at radius 1 is 1.18 bits per heavy atom. The zero-order valence-corrected chi connectivity index (χ0v) is 13.9. The van der Waals surface area contributed by atoms with E-state index >= 15 is 0 Å². The van der Waals surface area contributed by atoms with Gasteiger partial charge in [0, 0.05) is 15.8 Å². The van der Waals surface area contributed by atoms with E-state index in [0.717, 1.165) is 11.1 Å². The molecule has 116 valence electrons. The van der Waals surface area contributed by atoms with E-state index in [1.54, 1.807) is 12.1 Å². The lowest BCUT2D eigenvalue weighted by Gasteiger charge is -2.20. The Balaban J connectivity index is 2.31. The van der Waals surface area contributed by atoms with Crippen molar-refractivity contribution in [2.24, 2.45) is 5.73 Å². The Morgan fingerprint density at radius 3 is 2.45 bits per heavy atom. The zero-order chi connectivity index (χ0) is 16.1. The van der Waals surface area contributed by atoms with Crippen molar-refractivity contribution in [3.8, 4) is 0 Å². The third-order valence-electron chi connectivity index (χ3n) is 3.11. The molecule has 22 heavy (non-hydrogen) atoms. The quantitative estimate of drug-likeness (QED) is 0.813. The summed E-state index contributed by atoms with van der Waals surface area (Å²) in [5.41, 5.74) is 7.53. The first-order chi connectivity index (χ1) is 10.5. The van der Waals surface area contributed by atoms with Gasteiger partial charge in [-0.3, -0.25) is 4.79 Å². The summed E-state index contributed by atoms with van der Waals surface area (Å²) in [6, 6.07) is 14.2. The lowest BCUT2D eigenvalue weighted by atomic mass is 10.0. The predicted octanol–water partition coefficient (Wildman–Crippen LogP) is 4.23. The molecule has 2 aromatic carbocycles. The molecule has 2 rings (SSSR count). The molecule has 2 atom stereocenters. The van der Waals surface area contributed by atoms with Crippen LogP contribution >= 0.6 is 35.0 Å². The summed E-state index contributed by atoms with van der Waals surface area (Å²) in [5, 5.41) is 9.96. The van der Waals surface area contributed by atoms with E-state index < -0.39 is 12.0 Å². The van der Waals surface area contributed by atoms with Crippen molar-refractivity contribution in [1.82, 2.24) is 0 Å². The molecular weight excluding hydrogens is 341 g/mol. The number of halogens is 2. The Morgan fingerprint density at radius 2 is 1.86 bits per heavy atom. The van der Waals surface area contributed by atoms with Gasteiger partial charge in [0.1, 0.15) is 6.04 Å². The molecule has 0 heterocycles. The molecule has 6 heteroatoms. The van der Waals surface area contributed by atoms with E-state index in [-0.39, 0.29) is 11.0 Å². The molecule has 0 aliphatic heterocycles. The fourth-order valence-corrected chi connectivity index (χ4v) is 3.84. The van der Waals surface area contributed by atoms with Gasteiger partial charge in [0.15, 0.2) is 0 Å². The number of carbonyl (C=O) groups is 1. The first kappa shape index (κ1) is 17.2. The SMILES string of the molecule is NC(CSC(c1ccccc1)c1ccc(Cl)cc1Cl)C(=O)O. The van der Waals surface area contributed by atoms with Crippen LogP contribution in [0.4, 0.5) is 0 Å². The molecule has 2 aromatic rings. The first-order valence-electron chi connectivity index (χ1n) is 6.59. The van der Waals surface area contributed by atoms with Gasteiger partial charge in [-0.1, -0.05) is 59.6 Å². The second-order valence-electron chi connectivity index (χ2n) is 4.73. The summed E-state index contributed by atoms with van der Waals surface area (Å²) in [6.45, 7) is 0. The number of thioether (sulfide) groups is 1. The summed E-state index contributed by atoms with van der Waals surface area (Å²) in [5.74, 6) is -0.727. The smallest absolute Gasteiger partial charge is 0.321 e. The predicted molar refractivity (Wildman–Crippen MR) is 92.8 cm³/mol. The molecule has 0 amide bonds. The Bertz CT molecular complexity index is 652. The molecule has 3 nitrogen and oxygen atoms in total. The molecule has 0 aromatic heterocycles. The van der Waals surface area contributed by atoms with Gasteiger partial charge in [-0.15, -0.1) is 11.8 Å². The molecule has 0 spiro atoms. The lowest BCUT2D eigenvalue weighted by molar-refractivity contribution is -0.137. The highest BCUT2D eigenvalue weighted by atomic mass is 35.5. The van der Waals surface area contributed by atoms with E-state index in [4.69, 9.17) is 34.0 Å².